The van der Waals surface area contributed by atoms with Gasteiger partial charge in [-0.25, -0.2) is 0 Å². The third kappa shape index (κ3) is 9.89. The van der Waals surface area contributed by atoms with Crippen molar-refractivity contribution in [1.29, 1.82) is 0 Å². The molecule has 1 atom stereocenters. The van der Waals surface area contributed by atoms with E-state index in [1.807, 2.05) is 0 Å². The number of rotatable bonds is 11. The monoisotopic (exact) mass is 512 g/mol. The van der Waals surface area contributed by atoms with Crippen molar-refractivity contribution in [3.8, 4) is 11.5 Å². The zero-order valence-electron chi connectivity index (χ0n) is 25.1. The number of hydrogen-bond donors (Lipinski definition) is 2. The van der Waals surface area contributed by atoms with Gasteiger partial charge in [-0.3, -0.25) is 0 Å². The van der Waals surface area contributed by atoms with Crippen molar-refractivity contribution in [3.63, 3.8) is 0 Å². The van der Waals surface area contributed by atoms with Gasteiger partial charge in [-0.2, -0.15) is 0 Å². The summed E-state index contributed by atoms with van der Waals surface area (Å²) in [5, 5.41) is 21.9. The molecular formula is C36H48O2. The van der Waals surface area contributed by atoms with Crippen molar-refractivity contribution in [2.75, 3.05) is 0 Å². The molecule has 0 saturated carbocycles. The molecular weight excluding hydrogens is 464 g/mol. The second-order valence-corrected chi connectivity index (χ2v) is 11.5. The number of allylic oxidation sites excluding steroid dienone is 9. The third-order valence-electron chi connectivity index (χ3n) is 6.60. The van der Waals surface area contributed by atoms with Crippen molar-refractivity contribution in [2.24, 2.45) is 0 Å². The van der Waals surface area contributed by atoms with E-state index in [0.717, 1.165) is 40.7 Å². The molecule has 0 aliphatic rings. The first-order valence-corrected chi connectivity index (χ1v) is 13.8. The molecule has 2 nitrogen and oxygen atoms in total. The summed E-state index contributed by atoms with van der Waals surface area (Å²) in [6.45, 7) is 18.9. The molecule has 0 aliphatic carbocycles. The molecule has 0 spiro atoms. The Kier molecular flexibility index (Phi) is 11.9. The van der Waals surface area contributed by atoms with Crippen molar-refractivity contribution in [3.05, 3.63) is 110 Å². The minimum Gasteiger partial charge on any atom is -0.507 e. The molecule has 2 rings (SSSR count). The summed E-state index contributed by atoms with van der Waals surface area (Å²) in [6, 6.07) is 8.49. The van der Waals surface area contributed by atoms with E-state index < -0.39 is 0 Å². The molecule has 0 aromatic heterocycles. The summed E-state index contributed by atoms with van der Waals surface area (Å²) in [5.41, 5.74) is 11.1. The summed E-state index contributed by atoms with van der Waals surface area (Å²) < 4.78 is 0. The molecule has 0 saturated heterocycles. The van der Waals surface area contributed by atoms with Crippen LogP contribution in [0.2, 0.25) is 0 Å². The summed E-state index contributed by atoms with van der Waals surface area (Å²) in [6.07, 6.45) is 15.9. The molecule has 0 bridgehead atoms. The zero-order chi connectivity index (χ0) is 28.4. The lowest BCUT2D eigenvalue weighted by molar-refractivity contribution is 0.463. The summed E-state index contributed by atoms with van der Waals surface area (Å²) in [4.78, 5) is 0. The first kappa shape index (κ1) is 31.0. The molecule has 0 heterocycles. The Balaban J connectivity index is 2.49. The number of phenolic OH excluding ortho intramolecular Hbond substituents is 2. The molecule has 38 heavy (non-hydrogen) atoms. The van der Waals surface area contributed by atoms with Crippen LogP contribution >= 0.6 is 0 Å². The van der Waals surface area contributed by atoms with Crippen LogP contribution < -0.4 is 0 Å². The fraction of sp³-hybridized carbons (Fsp3) is 0.389. The van der Waals surface area contributed by atoms with E-state index in [1.54, 1.807) is 0 Å². The minimum absolute atomic E-state index is 0.169. The van der Waals surface area contributed by atoms with Crippen LogP contribution in [0.15, 0.2) is 76.9 Å². The maximum atomic E-state index is 11.0. The van der Waals surface area contributed by atoms with Crippen LogP contribution in [0.25, 0.3) is 6.08 Å². The Bertz CT molecular complexity index is 1170. The third-order valence-corrected chi connectivity index (χ3v) is 6.60. The first-order chi connectivity index (χ1) is 17.9. The number of benzene rings is 2. The molecule has 2 N–H and O–H groups in total. The van der Waals surface area contributed by atoms with Crippen LogP contribution in [0.1, 0.15) is 102 Å². The number of phenols is 2. The Labute approximate surface area is 231 Å². The van der Waals surface area contributed by atoms with Gasteiger partial charge < -0.3 is 10.2 Å². The second-order valence-electron chi connectivity index (χ2n) is 11.5. The molecule has 204 valence electrons. The smallest absolute Gasteiger partial charge is 0.122 e. The lowest BCUT2D eigenvalue weighted by Gasteiger charge is -2.15. The van der Waals surface area contributed by atoms with Crippen LogP contribution in [0, 0.1) is 0 Å². The average molecular weight is 513 g/mol. The first-order valence-electron chi connectivity index (χ1n) is 13.8. The van der Waals surface area contributed by atoms with Gasteiger partial charge in [0.2, 0.25) is 0 Å². The predicted octanol–water partition coefficient (Wildman–Crippen LogP) is 9.95. The van der Waals surface area contributed by atoms with Crippen molar-refractivity contribution >= 4 is 6.08 Å². The van der Waals surface area contributed by atoms with Gasteiger partial charge in [-0.1, -0.05) is 77.8 Å². The van der Waals surface area contributed by atoms with E-state index in [-0.39, 0.29) is 5.92 Å². The zero-order valence-corrected chi connectivity index (χ0v) is 25.1. The van der Waals surface area contributed by atoms with Crippen molar-refractivity contribution < 1.29 is 10.2 Å². The highest BCUT2D eigenvalue weighted by Gasteiger charge is 2.13. The van der Waals surface area contributed by atoms with Gasteiger partial charge in [0.1, 0.15) is 11.5 Å². The molecule has 0 aliphatic heterocycles. The Hall–Kier alpha value is -3.26. The largest absolute Gasteiger partial charge is 0.507 e. The lowest BCUT2D eigenvalue weighted by atomic mass is 9.91. The van der Waals surface area contributed by atoms with E-state index in [4.69, 9.17) is 0 Å². The SMILES string of the molecule is CC(C)=CCc1cc(/C=C/C(C)c2cc(CC=C(C)C)c(O)c(CC=C(C)C)c2)cc(CC=C(C)C)c1O. The van der Waals surface area contributed by atoms with Crippen LogP contribution in [0.5, 0.6) is 11.5 Å². The summed E-state index contributed by atoms with van der Waals surface area (Å²) in [5.74, 6) is 0.977. The normalized spacial score (nSPS) is 11.7. The van der Waals surface area contributed by atoms with Gasteiger partial charge in [0, 0.05) is 0 Å². The van der Waals surface area contributed by atoms with E-state index >= 15 is 0 Å². The van der Waals surface area contributed by atoms with Gasteiger partial charge in [0.05, 0.1) is 0 Å². The van der Waals surface area contributed by atoms with Crippen LogP contribution in [0.4, 0.5) is 0 Å². The molecule has 1 unspecified atom stereocenters. The standard InChI is InChI=1S/C36H48O2/c1-24(2)10-16-30-20-29(21-31(35(30)37)17-11-25(3)4)15-14-28(9)34-22-32(18-12-26(5)6)36(38)33(23-34)19-13-27(7)8/h10-15,20-23,28,37-38H,16-19H2,1-9H3/b15-14+. The molecule has 2 aromatic rings. The molecule has 2 heteroatoms. The van der Waals surface area contributed by atoms with E-state index in [2.05, 4.69) is 123 Å². The van der Waals surface area contributed by atoms with Gasteiger partial charge in [-0.05, 0) is 133 Å². The fourth-order valence-electron chi connectivity index (χ4n) is 4.18. The topological polar surface area (TPSA) is 40.5 Å². The Morgan fingerprint density at radius 3 is 1.21 bits per heavy atom. The van der Waals surface area contributed by atoms with Gasteiger partial charge in [0.25, 0.3) is 0 Å². The summed E-state index contributed by atoms with van der Waals surface area (Å²) >= 11 is 0. The van der Waals surface area contributed by atoms with Crippen LogP contribution in [-0.4, -0.2) is 10.2 Å². The maximum absolute atomic E-state index is 11.0. The second kappa shape index (κ2) is 14.6. The molecule has 0 radical (unpaired) electrons. The summed E-state index contributed by atoms with van der Waals surface area (Å²) in [7, 11) is 0. The quantitative estimate of drug-likeness (QED) is 0.294. The molecule has 2 aromatic carbocycles. The highest BCUT2D eigenvalue weighted by atomic mass is 16.3. The number of hydrogen-bond acceptors (Lipinski definition) is 2. The van der Waals surface area contributed by atoms with Gasteiger partial charge >= 0.3 is 0 Å². The Morgan fingerprint density at radius 1 is 0.579 bits per heavy atom. The highest BCUT2D eigenvalue weighted by Crippen LogP contribution is 2.32. The van der Waals surface area contributed by atoms with Crippen LogP contribution in [-0.2, 0) is 25.7 Å². The molecule has 0 amide bonds. The van der Waals surface area contributed by atoms with E-state index in [9.17, 15) is 10.2 Å². The van der Waals surface area contributed by atoms with Gasteiger partial charge in [0.15, 0.2) is 0 Å². The number of aromatic hydroxyl groups is 2. The maximum Gasteiger partial charge on any atom is 0.122 e. The average Bonchev–Trinajstić information content (AvgIpc) is 2.84. The fourth-order valence-corrected chi connectivity index (χ4v) is 4.18. The van der Waals surface area contributed by atoms with Crippen molar-refractivity contribution in [2.45, 2.75) is 93.9 Å². The van der Waals surface area contributed by atoms with Gasteiger partial charge in [-0.15, -0.1) is 0 Å². The van der Waals surface area contributed by atoms with Crippen LogP contribution in [0.3, 0.4) is 0 Å². The van der Waals surface area contributed by atoms with E-state index in [0.29, 0.717) is 24.3 Å². The highest BCUT2D eigenvalue weighted by molar-refractivity contribution is 5.58. The minimum atomic E-state index is 0.169. The van der Waals surface area contributed by atoms with Crippen molar-refractivity contribution in [1.82, 2.24) is 0 Å². The lowest BCUT2D eigenvalue weighted by Crippen LogP contribution is -1.98. The molecule has 0 fully saturated rings. The van der Waals surface area contributed by atoms with E-state index in [1.165, 1.54) is 27.9 Å². The predicted molar refractivity (Wildman–Crippen MR) is 166 cm³/mol. The Morgan fingerprint density at radius 2 is 0.895 bits per heavy atom.